The number of halogens is 6. The third kappa shape index (κ3) is 24.2. The van der Waals surface area contributed by atoms with Gasteiger partial charge in [-0.2, -0.15) is 26.3 Å². The van der Waals surface area contributed by atoms with E-state index in [1.54, 1.807) is 49.0 Å². The number of imide groups is 2. The van der Waals surface area contributed by atoms with E-state index < -0.39 is 211 Å². The number of fused-ring (bicyclic) bond motifs is 2. The number of carbonyl (C=O) groups excluding carboxylic acids is 4. The average molecular weight is 2010 g/mol. The summed E-state index contributed by atoms with van der Waals surface area (Å²) in [6.07, 6.45) is -10.3. The summed E-state index contributed by atoms with van der Waals surface area (Å²) in [5.41, 5.74) is 25.4. The van der Waals surface area contributed by atoms with Crippen molar-refractivity contribution < 1.29 is 107 Å². The molecule has 0 N–H and O–H groups in total. The highest BCUT2D eigenvalue weighted by Crippen LogP contribution is 2.57. The van der Waals surface area contributed by atoms with Crippen LogP contribution in [0, 0.1) is 0 Å². The smallest absolute Gasteiger partial charge is 0.411 e. The fourth-order valence-electron chi connectivity index (χ4n) is 13.8. The molecule has 0 aliphatic carbocycles. The zero-order valence-corrected chi connectivity index (χ0v) is 90.0. The lowest BCUT2D eigenvalue weighted by atomic mass is 9.71. The van der Waals surface area contributed by atoms with Crippen molar-refractivity contribution in [1.82, 2.24) is 9.80 Å². The number of hydrogen-bond donors (Lipinski definition) is 0. The molecule has 0 radical (unpaired) electrons. The maximum absolute atomic E-state index is 15.4. The van der Waals surface area contributed by atoms with Crippen LogP contribution in [0.25, 0.3) is 0 Å². The first-order valence-corrected chi connectivity index (χ1v) is 74.9. The Balaban J connectivity index is 1.65. The van der Waals surface area contributed by atoms with Crippen molar-refractivity contribution in [1.29, 1.82) is 0 Å². The van der Waals surface area contributed by atoms with Crippen molar-refractivity contribution in [2.75, 3.05) is 13.6 Å². The van der Waals surface area contributed by atoms with E-state index in [1.165, 1.54) is 114 Å². The molecule has 2 aromatic carbocycles. The summed E-state index contributed by atoms with van der Waals surface area (Å²) < 4.78 is 199. The minimum absolute atomic E-state index is 0.0935. The molecule has 2 heterocycles. The summed E-state index contributed by atoms with van der Waals surface area (Å²) in [6, 6.07) is 4.30. The van der Waals surface area contributed by atoms with E-state index in [9.17, 15) is 19.2 Å². The summed E-state index contributed by atoms with van der Waals surface area (Å²) in [5.74, 6) is -4.11. The molecular formula is C83H120F6N2O19Si16. The van der Waals surface area contributed by atoms with Crippen molar-refractivity contribution in [3.05, 3.63) is 364 Å². The number of nitrogens with zero attached hydrogens (tertiary/aromatic N) is 2. The number of amides is 4. The normalized spacial score (nSPS) is 14.5. The first kappa shape index (κ1) is 111. The minimum atomic E-state index is -6.14. The summed E-state index contributed by atoms with van der Waals surface area (Å²) in [6.45, 7) is 117. The van der Waals surface area contributed by atoms with Gasteiger partial charge in [-0.3, -0.25) is 29.0 Å². The Bertz CT molecular complexity index is 4590. The van der Waals surface area contributed by atoms with Gasteiger partial charge in [-0.05, 0) is 243 Å². The highest BCUT2D eigenvalue weighted by atomic mass is 28.5. The molecule has 0 spiro atoms. The maximum atomic E-state index is 15.4. The maximum Gasteiger partial charge on any atom is 0.411 e. The lowest BCUT2D eigenvalue weighted by molar-refractivity contribution is -0.288. The Morgan fingerprint density at radius 3 is 0.746 bits per heavy atom. The first-order valence-electron chi connectivity index (χ1n) is 39.3. The number of unbranched alkanes of at least 4 members (excludes halogenated alkanes) is 1. The van der Waals surface area contributed by atoms with Gasteiger partial charge in [0.15, 0.2) is 16.6 Å². The van der Waals surface area contributed by atoms with Gasteiger partial charge in [0.05, 0.1) is 22.3 Å². The van der Waals surface area contributed by atoms with Crippen LogP contribution in [0.4, 0.5) is 26.3 Å². The van der Waals surface area contributed by atoms with Gasteiger partial charge >= 0.3 is 132 Å². The van der Waals surface area contributed by atoms with E-state index in [1.807, 2.05) is 13.1 Å². The molecule has 0 fully saturated rings. The molecule has 0 saturated heterocycles. The molecule has 0 bridgehead atoms. The van der Waals surface area contributed by atoms with Gasteiger partial charge in [-0.1, -0.05) is 31.9 Å². The van der Waals surface area contributed by atoms with Crippen LogP contribution < -0.4 is 0 Å². The van der Waals surface area contributed by atoms with Gasteiger partial charge in [0.2, 0.25) is 5.41 Å². The fourth-order valence-corrected chi connectivity index (χ4v) is 80.9. The van der Waals surface area contributed by atoms with Gasteiger partial charge in [0.1, 0.15) is 0 Å². The SMILES string of the molecule is C=C[Si](C=C)(O[Si](C)(C)CCCC)O[Si](C=C)(C=C)O[Si](C=C)(C=C)O[Si](C=C)(C=C)O[Si](C=C)(C=C)O[Si](C=C)(C=C)O[Si](C=C)(C=C)O[Si](C=C)(C=C)O[Si](C=C)(C=C)O[Si](C=C)(C=C)O[Si](C=C)(C=C)O[Si](C=C)(C=C)O[Si](C)(C)O[Si](C)(C)O[Si](C)(C)CCCN1C(=O)c2ccc(C(c3ccc4c(c3)C(=O)N(C)C4=O)(C(F)(F)F)C(F)(F)F)cc2C1=O. The third-order valence-corrected chi connectivity index (χ3v) is 79.9. The molecule has 0 unspecified atom stereocenters. The summed E-state index contributed by atoms with van der Waals surface area (Å²) in [4.78, 5) is 54.7. The number of carbonyl (C=O) groups is 4. The topological polar surface area (TPSA) is 213 Å². The number of hydrogen-bond acceptors (Lipinski definition) is 19. The van der Waals surface area contributed by atoms with Gasteiger partial charge in [-0.25, -0.2) is 0 Å². The Kier molecular flexibility index (Phi) is 37.9. The second-order valence-corrected chi connectivity index (χ2v) is 83.8. The lowest BCUT2D eigenvalue weighted by Crippen LogP contribution is -2.66. The molecule has 43 heteroatoms. The monoisotopic (exact) mass is 2010 g/mol. The Hall–Kier alpha value is -7.07. The van der Waals surface area contributed by atoms with E-state index in [0.717, 1.165) is 43.0 Å². The minimum Gasteiger partial charge on any atom is -0.436 e. The molecular weight excluding hydrogens is 1890 g/mol. The van der Waals surface area contributed by atoms with Crippen molar-refractivity contribution in [3.63, 3.8) is 0 Å². The second-order valence-electron chi connectivity index (χ2n) is 30.8. The summed E-state index contributed by atoms with van der Waals surface area (Å²) >= 11 is 0. The molecule has 0 saturated carbocycles. The van der Waals surface area contributed by atoms with Crippen LogP contribution in [-0.4, -0.2) is 196 Å². The van der Waals surface area contributed by atoms with Gasteiger partial charge < -0.3 is 61.7 Å². The van der Waals surface area contributed by atoms with Crippen LogP contribution >= 0.6 is 0 Å². The lowest BCUT2D eigenvalue weighted by Gasteiger charge is -2.46. The zero-order chi connectivity index (χ0) is 96.5. The van der Waals surface area contributed by atoms with E-state index in [4.69, 9.17) is 61.7 Å². The number of alkyl halides is 6. The predicted octanol–water partition coefficient (Wildman–Crippen LogP) is 19.9. The number of benzene rings is 2. The molecule has 4 amide bonds. The fraction of sp³-hybridized carbons (Fsp3) is 0.229. The van der Waals surface area contributed by atoms with Crippen LogP contribution in [0.3, 0.4) is 0 Å². The van der Waals surface area contributed by atoms with Crippen LogP contribution in [0.2, 0.25) is 64.5 Å². The van der Waals surface area contributed by atoms with Crippen LogP contribution in [0.5, 0.6) is 0 Å². The molecule has 21 nitrogen and oxygen atoms in total. The van der Waals surface area contributed by atoms with Crippen LogP contribution in [0.15, 0.2) is 331 Å². The highest BCUT2D eigenvalue weighted by molar-refractivity contribution is 7.06. The van der Waals surface area contributed by atoms with Crippen LogP contribution in [-0.2, 0) is 67.1 Å². The Morgan fingerprint density at radius 1 is 0.286 bits per heavy atom. The van der Waals surface area contributed by atoms with Crippen LogP contribution in [0.1, 0.15) is 78.7 Å². The summed E-state index contributed by atoms with van der Waals surface area (Å²) in [7, 11) is -60.3. The molecule has 0 aromatic heterocycles. The van der Waals surface area contributed by atoms with E-state index >= 15 is 26.3 Å². The van der Waals surface area contributed by atoms with E-state index in [0.29, 0.717) is 29.2 Å². The van der Waals surface area contributed by atoms with E-state index in [-0.39, 0.29) is 19.0 Å². The van der Waals surface area contributed by atoms with Gasteiger partial charge in [0.25, 0.3) is 23.6 Å². The molecule has 2 aliphatic rings. The van der Waals surface area contributed by atoms with Crippen molar-refractivity contribution in [2.45, 2.75) is 108 Å². The zero-order valence-electron chi connectivity index (χ0n) is 74.0. The molecule has 2 aromatic rings. The first-order chi connectivity index (χ1) is 58.4. The quantitative estimate of drug-likeness (QED) is 0.0342. The highest BCUT2D eigenvalue weighted by Gasteiger charge is 2.73. The Labute approximate surface area is 757 Å². The largest absolute Gasteiger partial charge is 0.436 e. The van der Waals surface area contributed by atoms with Crippen molar-refractivity contribution >= 4 is 160 Å². The van der Waals surface area contributed by atoms with E-state index in [2.05, 4.69) is 178 Å². The molecule has 0 atom stereocenters. The number of rotatable bonds is 63. The van der Waals surface area contributed by atoms with Crippen molar-refractivity contribution in [2.24, 2.45) is 0 Å². The molecule has 4 rings (SSSR count). The average Bonchev–Trinajstić information content (AvgIpc) is 1.21. The van der Waals surface area contributed by atoms with Gasteiger partial charge in [-0.15, -0.1) is 158 Å². The standard InChI is InChI=1S/C83H120F6N2O19Si16/c1-35-60-67-112(29,30)97-115(36-2,37-3)100-117(40-6,41-7)102-119(44-10,45-11)104-121(48-14,49-15)106-123(52-18,53-19)108-125(56-22,57-23)110-126(58-24,59-25)109-124(54-20,55-21)107-122(50-16,51-17)105-120(46-12,47-13)103-118(42-8,43-9)101-116(38-4,39-5)99-114(33,34)98-113(31,32)96-111(27,28)68-61-66-91-79(94)74-65-63-72(70-76(74)80(91)95)81(82(84,85)86,83(87,88)89)71-62-64-73-75(69-71)78(93)90(26)77(73)92/h36-59,62-65,69-70H,2-25,35,60-61,66-68H2,1,26-34H3. The molecule has 2 aliphatic heterocycles. The van der Waals surface area contributed by atoms with Gasteiger partial charge in [0, 0.05) is 13.6 Å². The summed E-state index contributed by atoms with van der Waals surface area (Å²) in [5, 5.41) is 0. The second kappa shape index (κ2) is 42.9. The molecule has 682 valence electrons. The third-order valence-electron chi connectivity index (χ3n) is 20.3. The Morgan fingerprint density at radius 2 is 0.492 bits per heavy atom. The van der Waals surface area contributed by atoms with Crippen molar-refractivity contribution in [3.8, 4) is 0 Å². The molecule has 126 heavy (non-hydrogen) atoms. The predicted molar refractivity (Wildman–Crippen MR) is 527 cm³/mol.